The van der Waals surface area contributed by atoms with Crippen molar-refractivity contribution in [3.63, 3.8) is 0 Å². The Labute approximate surface area is 181 Å². The van der Waals surface area contributed by atoms with Crippen molar-refractivity contribution in [3.05, 3.63) is 96.2 Å². The molecule has 1 heterocycles. The Morgan fingerprint density at radius 3 is 2.58 bits per heavy atom. The number of hydrazone groups is 1. The van der Waals surface area contributed by atoms with Crippen molar-refractivity contribution in [1.29, 1.82) is 0 Å². The number of anilines is 1. The van der Waals surface area contributed by atoms with E-state index in [2.05, 4.69) is 26.5 Å². The summed E-state index contributed by atoms with van der Waals surface area (Å²) in [7, 11) is 0. The third kappa shape index (κ3) is 5.11. The number of rotatable bonds is 7. The van der Waals surface area contributed by atoms with E-state index in [9.17, 15) is 4.79 Å². The fourth-order valence-electron chi connectivity index (χ4n) is 3.38. The number of urea groups is 1. The summed E-state index contributed by atoms with van der Waals surface area (Å²) in [6, 6.07) is 24.9. The van der Waals surface area contributed by atoms with Gasteiger partial charge in [0, 0.05) is 28.4 Å². The Morgan fingerprint density at radius 1 is 1.00 bits per heavy atom. The van der Waals surface area contributed by atoms with Gasteiger partial charge in [0.1, 0.15) is 12.4 Å². The molecule has 0 bridgehead atoms. The molecule has 0 aliphatic rings. The van der Waals surface area contributed by atoms with Crippen LogP contribution in [-0.4, -0.2) is 23.4 Å². The molecule has 0 unspecified atom stereocenters. The minimum atomic E-state index is -0.391. The Bertz CT molecular complexity index is 1200. The average molecular weight is 412 g/mol. The second kappa shape index (κ2) is 9.63. The number of carbonyl (C=O) groups is 1. The lowest BCUT2D eigenvalue weighted by atomic mass is 10.2. The number of amides is 2. The molecule has 156 valence electrons. The van der Waals surface area contributed by atoms with Crippen LogP contribution in [0.15, 0.2) is 90.2 Å². The molecule has 6 nitrogen and oxygen atoms in total. The third-order valence-corrected chi connectivity index (χ3v) is 4.90. The normalized spacial score (nSPS) is 11.0. The topological polar surface area (TPSA) is 67.6 Å². The first-order chi connectivity index (χ1) is 15.2. The molecule has 1 aromatic heterocycles. The minimum Gasteiger partial charge on any atom is -0.491 e. The predicted octanol–water partition coefficient (Wildman–Crippen LogP) is 5.18. The standard InChI is InChI=1S/C25H24N4O2/c1-19-9-5-8-14-24(19)31-16-15-29-18-20(22-12-6-7-13-23(22)29)17-26-28-25(30)27-21-10-3-2-4-11-21/h2-14,17-18H,15-16H2,1H3,(H2,27,28,30)/b26-17+. The maximum Gasteiger partial charge on any atom is 0.339 e. The van der Waals surface area contributed by atoms with E-state index in [0.717, 1.165) is 27.8 Å². The van der Waals surface area contributed by atoms with Crippen molar-refractivity contribution < 1.29 is 9.53 Å². The molecule has 0 aliphatic heterocycles. The van der Waals surface area contributed by atoms with Gasteiger partial charge in [0.05, 0.1) is 12.8 Å². The first-order valence-corrected chi connectivity index (χ1v) is 10.1. The number of nitrogens with zero attached hydrogens (tertiary/aromatic N) is 2. The monoisotopic (exact) mass is 412 g/mol. The molecule has 2 N–H and O–H groups in total. The van der Waals surface area contributed by atoms with Gasteiger partial charge in [-0.1, -0.05) is 54.6 Å². The van der Waals surface area contributed by atoms with Crippen LogP contribution in [0.25, 0.3) is 10.9 Å². The molecule has 0 aliphatic carbocycles. The number of hydrogen-bond donors (Lipinski definition) is 2. The third-order valence-electron chi connectivity index (χ3n) is 4.90. The Balaban J connectivity index is 1.42. The van der Waals surface area contributed by atoms with Gasteiger partial charge in [0.2, 0.25) is 0 Å². The molecule has 31 heavy (non-hydrogen) atoms. The van der Waals surface area contributed by atoms with Crippen LogP contribution in [0.5, 0.6) is 5.75 Å². The van der Waals surface area contributed by atoms with Crippen molar-refractivity contribution >= 4 is 28.8 Å². The molecule has 6 heteroatoms. The van der Waals surface area contributed by atoms with Crippen LogP contribution in [0, 0.1) is 6.92 Å². The van der Waals surface area contributed by atoms with Crippen molar-refractivity contribution in [2.45, 2.75) is 13.5 Å². The molecule has 0 radical (unpaired) electrons. The van der Waals surface area contributed by atoms with Crippen LogP contribution in [0.1, 0.15) is 11.1 Å². The van der Waals surface area contributed by atoms with Gasteiger partial charge in [0.15, 0.2) is 0 Å². The molecule has 0 saturated carbocycles. The summed E-state index contributed by atoms with van der Waals surface area (Å²) in [6.45, 7) is 3.29. The van der Waals surface area contributed by atoms with E-state index < -0.39 is 6.03 Å². The van der Waals surface area contributed by atoms with Crippen molar-refractivity contribution in [2.75, 3.05) is 11.9 Å². The molecule has 2 amide bonds. The number of fused-ring (bicyclic) bond motifs is 1. The summed E-state index contributed by atoms with van der Waals surface area (Å²) >= 11 is 0. The van der Waals surface area contributed by atoms with Gasteiger partial charge in [-0.15, -0.1) is 0 Å². The van der Waals surface area contributed by atoms with Gasteiger partial charge in [-0.25, -0.2) is 10.2 Å². The van der Waals surface area contributed by atoms with Gasteiger partial charge < -0.3 is 14.6 Å². The highest BCUT2D eigenvalue weighted by Gasteiger charge is 2.07. The van der Waals surface area contributed by atoms with Crippen LogP contribution in [0.4, 0.5) is 10.5 Å². The molecule has 4 rings (SSSR count). The highest BCUT2D eigenvalue weighted by Crippen LogP contribution is 2.21. The predicted molar refractivity (Wildman–Crippen MR) is 125 cm³/mol. The van der Waals surface area contributed by atoms with Crippen LogP contribution in [0.2, 0.25) is 0 Å². The fourth-order valence-corrected chi connectivity index (χ4v) is 3.38. The van der Waals surface area contributed by atoms with Crippen LogP contribution in [0.3, 0.4) is 0 Å². The lowest BCUT2D eigenvalue weighted by molar-refractivity contribution is 0.252. The molecular formula is C25H24N4O2. The van der Waals surface area contributed by atoms with E-state index in [0.29, 0.717) is 18.8 Å². The molecule has 0 atom stereocenters. The molecule has 4 aromatic rings. The van der Waals surface area contributed by atoms with Crippen molar-refractivity contribution in [2.24, 2.45) is 5.10 Å². The number of aryl methyl sites for hydroxylation is 1. The Kier molecular flexibility index (Phi) is 6.28. The van der Waals surface area contributed by atoms with E-state index in [1.807, 2.05) is 85.9 Å². The van der Waals surface area contributed by atoms with Gasteiger partial charge in [-0.3, -0.25) is 0 Å². The largest absolute Gasteiger partial charge is 0.491 e. The summed E-state index contributed by atoms with van der Waals surface area (Å²) in [5.41, 5.74) is 6.35. The number of ether oxygens (including phenoxy) is 1. The van der Waals surface area contributed by atoms with Gasteiger partial charge >= 0.3 is 6.03 Å². The average Bonchev–Trinajstić information content (AvgIpc) is 3.14. The minimum absolute atomic E-state index is 0.391. The van der Waals surface area contributed by atoms with Crippen molar-refractivity contribution in [3.8, 4) is 5.75 Å². The lowest BCUT2D eigenvalue weighted by Crippen LogP contribution is -2.24. The number of hydrogen-bond acceptors (Lipinski definition) is 3. The van der Waals surface area contributed by atoms with E-state index >= 15 is 0 Å². The Hall–Kier alpha value is -4.06. The molecule has 0 spiro atoms. The van der Waals surface area contributed by atoms with Crippen LogP contribution < -0.4 is 15.5 Å². The Morgan fingerprint density at radius 2 is 1.74 bits per heavy atom. The molecule has 3 aromatic carbocycles. The number of nitrogens with one attached hydrogen (secondary N) is 2. The van der Waals surface area contributed by atoms with E-state index in [1.54, 1.807) is 6.21 Å². The number of para-hydroxylation sites is 3. The van der Waals surface area contributed by atoms with Gasteiger partial charge in [0.25, 0.3) is 0 Å². The molecule has 0 saturated heterocycles. The first-order valence-electron chi connectivity index (χ1n) is 10.1. The SMILES string of the molecule is Cc1ccccc1OCCn1cc(/C=N/NC(=O)Nc2ccccc2)c2ccccc21. The number of aromatic nitrogens is 1. The quantitative estimate of drug-likeness (QED) is 0.324. The zero-order valence-corrected chi connectivity index (χ0v) is 17.3. The van der Waals surface area contributed by atoms with E-state index in [1.165, 1.54) is 0 Å². The second-order valence-corrected chi connectivity index (χ2v) is 7.10. The van der Waals surface area contributed by atoms with E-state index in [-0.39, 0.29) is 0 Å². The second-order valence-electron chi connectivity index (χ2n) is 7.10. The van der Waals surface area contributed by atoms with Crippen LogP contribution in [-0.2, 0) is 6.54 Å². The lowest BCUT2D eigenvalue weighted by Gasteiger charge is -2.10. The first kappa shape index (κ1) is 20.2. The fraction of sp³-hybridized carbons (Fsp3) is 0.120. The number of carbonyl (C=O) groups excluding carboxylic acids is 1. The zero-order valence-electron chi connectivity index (χ0n) is 17.3. The summed E-state index contributed by atoms with van der Waals surface area (Å²) < 4.78 is 8.09. The summed E-state index contributed by atoms with van der Waals surface area (Å²) in [6.07, 6.45) is 3.68. The van der Waals surface area contributed by atoms with Gasteiger partial charge in [-0.2, -0.15) is 5.10 Å². The maximum atomic E-state index is 12.0. The van der Waals surface area contributed by atoms with Gasteiger partial charge in [-0.05, 0) is 36.8 Å². The van der Waals surface area contributed by atoms with E-state index in [4.69, 9.17) is 4.74 Å². The molecule has 0 fully saturated rings. The summed E-state index contributed by atoms with van der Waals surface area (Å²) in [5.74, 6) is 0.898. The molecular weight excluding hydrogens is 388 g/mol. The van der Waals surface area contributed by atoms with Crippen LogP contribution >= 0.6 is 0 Å². The highest BCUT2D eigenvalue weighted by atomic mass is 16.5. The highest BCUT2D eigenvalue weighted by molar-refractivity contribution is 6.00. The smallest absolute Gasteiger partial charge is 0.339 e. The maximum absolute atomic E-state index is 12.0. The van der Waals surface area contributed by atoms with Crippen molar-refractivity contribution in [1.82, 2.24) is 9.99 Å². The summed E-state index contributed by atoms with van der Waals surface area (Å²) in [4.78, 5) is 12.0. The summed E-state index contributed by atoms with van der Waals surface area (Å²) in [5, 5.41) is 7.90. The number of benzene rings is 3. The zero-order chi connectivity index (χ0) is 21.5.